The highest BCUT2D eigenvalue weighted by Gasteiger charge is 2.13. The third kappa shape index (κ3) is 4.22. The second-order valence-electron chi connectivity index (χ2n) is 2.03. The molecule has 0 amide bonds. The molecule has 5 heteroatoms. The molecule has 0 heterocycles. The molecular weight excluding hydrogens is 139 g/mol. The van der Waals surface area contributed by atoms with Gasteiger partial charge in [-0.15, -0.1) is 0 Å². The normalized spacial score (nSPS) is 13.6. The molecule has 1 atom stereocenters. The van der Waals surface area contributed by atoms with Gasteiger partial charge in [0.05, 0.1) is 6.17 Å². The van der Waals surface area contributed by atoms with Gasteiger partial charge in [-0.3, -0.25) is 4.79 Å². The van der Waals surface area contributed by atoms with Gasteiger partial charge >= 0.3 is 5.97 Å². The van der Waals surface area contributed by atoms with E-state index in [9.17, 15) is 9.18 Å². The van der Waals surface area contributed by atoms with Crippen LogP contribution >= 0.6 is 0 Å². The number of hydrogen-bond acceptors (Lipinski definition) is 3. The van der Waals surface area contributed by atoms with Gasteiger partial charge in [-0.2, -0.15) is 0 Å². The van der Waals surface area contributed by atoms with Crippen molar-refractivity contribution in [3.8, 4) is 0 Å². The SMILES string of the molecule is NC(N)C(F)CCC(=O)O. The van der Waals surface area contributed by atoms with Crippen molar-refractivity contribution in [2.75, 3.05) is 0 Å². The van der Waals surface area contributed by atoms with Gasteiger partial charge in [-0.05, 0) is 6.42 Å². The summed E-state index contributed by atoms with van der Waals surface area (Å²) in [4.78, 5) is 9.88. The number of rotatable bonds is 4. The van der Waals surface area contributed by atoms with E-state index >= 15 is 0 Å². The van der Waals surface area contributed by atoms with Crippen LogP contribution in [0.15, 0.2) is 0 Å². The van der Waals surface area contributed by atoms with Crippen LogP contribution in [0.25, 0.3) is 0 Å². The smallest absolute Gasteiger partial charge is 0.303 e. The van der Waals surface area contributed by atoms with Gasteiger partial charge in [-0.1, -0.05) is 0 Å². The standard InChI is InChI=1S/C5H11FN2O2/c6-3(5(7)8)1-2-4(9)10/h3,5H,1-2,7-8H2,(H,9,10). The fourth-order valence-corrected chi connectivity index (χ4v) is 0.454. The quantitative estimate of drug-likeness (QED) is 0.468. The molecule has 0 aliphatic carbocycles. The van der Waals surface area contributed by atoms with E-state index in [-0.39, 0.29) is 12.8 Å². The van der Waals surface area contributed by atoms with Gasteiger partial charge in [0, 0.05) is 6.42 Å². The average molecular weight is 150 g/mol. The van der Waals surface area contributed by atoms with Gasteiger partial charge in [0.1, 0.15) is 6.17 Å². The zero-order chi connectivity index (χ0) is 8.15. The van der Waals surface area contributed by atoms with E-state index in [1.165, 1.54) is 0 Å². The minimum atomic E-state index is -1.42. The Morgan fingerprint density at radius 1 is 1.60 bits per heavy atom. The van der Waals surface area contributed by atoms with E-state index in [4.69, 9.17) is 16.6 Å². The van der Waals surface area contributed by atoms with Gasteiger partial charge in [0.2, 0.25) is 0 Å². The monoisotopic (exact) mass is 150 g/mol. The van der Waals surface area contributed by atoms with Crippen molar-refractivity contribution >= 4 is 5.97 Å². The van der Waals surface area contributed by atoms with Crippen LogP contribution in [-0.4, -0.2) is 23.4 Å². The maximum absolute atomic E-state index is 12.4. The molecule has 0 fully saturated rings. The first-order valence-corrected chi connectivity index (χ1v) is 2.91. The molecule has 0 aromatic heterocycles. The van der Waals surface area contributed by atoms with E-state index < -0.39 is 18.3 Å². The van der Waals surface area contributed by atoms with Crippen molar-refractivity contribution in [2.45, 2.75) is 25.2 Å². The first kappa shape index (κ1) is 9.32. The number of carbonyl (C=O) groups is 1. The number of hydrogen-bond donors (Lipinski definition) is 3. The van der Waals surface area contributed by atoms with Crippen molar-refractivity contribution in [1.82, 2.24) is 0 Å². The number of nitrogens with two attached hydrogens (primary N) is 2. The summed E-state index contributed by atoms with van der Waals surface area (Å²) in [5, 5.41) is 8.10. The number of halogens is 1. The van der Waals surface area contributed by atoms with Crippen LogP contribution in [0, 0.1) is 0 Å². The Labute approximate surface area is 58.0 Å². The van der Waals surface area contributed by atoms with Crippen LogP contribution in [0.1, 0.15) is 12.8 Å². The van der Waals surface area contributed by atoms with Gasteiger partial charge < -0.3 is 16.6 Å². The van der Waals surface area contributed by atoms with Crippen molar-refractivity contribution in [3.05, 3.63) is 0 Å². The minimum Gasteiger partial charge on any atom is -0.481 e. The average Bonchev–Trinajstić information content (AvgIpc) is 1.82. The minimum absolute atomic E-state index is 0.118. The molecule has 0 aliphatic heterocycles. The Bertz CT molecular complexity index is 118. The number of aliphatic carboxylic acids is 1. The molecule has 0 saturated heterocycles. The van der Waals surface area contributed by atoms with E-state index in [1.54, 1.807) is 0 Å². The molecular formula is C5H11FN2O2. The van der Waals surface area contributed by atoms with Crippen LogP contribution in [0.4, 0.5) is 4.39 Å². The zero-order valence-corrected chi connectivity index (χ0v) is 5.46. The predicted octanol–water partition coefficient (Wildman–Crippen LogP) is -0.567. The van der Waals surface area contributed by atoms with Crippen LogP contribution < -0.4 is 11.5 Å². The molecule has 0 spiro atoms. The molecule has 60 valence electrons. The summed E-state index contributed by atoms with van der Waals surface area (Å²) in [6.07, 6.45) is -2.84. The Morgan fingerprint density at radius 2 is 2.10 bits per heavy atom. The summed E-state index contributed by atoms with van der Waals surface area (Å²) < 4.78 is 12.4. The van der Waals surface area contributed by atoms with Crippen molar-refractivity contribution in [2.24, 2.45) is 11.5 Å². The molecule has 0 radical (unpaired) electrons. The van der Waals surface area contributed by atoms with Crippen molar-refractivity contribution in [3.63, 3.8) is 0 Å². The first-order valence-electron chi connectivity index (χ1n) is 2.91. The van der Waals surface area contributed by atoms with E-state index in [0.29, 0.717) is 0 Å². The summed E-state index contributed by atoms with van der Waals surface area (Å²) in [6, 6.07) is 0. The van der Waals surface area contributed by atoms with Crippen LogP contribution in [0.3, 0.4) is 0 Å². The lowest BCUT2D eigenvalue weighted by atomic mass is 10.2. The van der Waals surface area contributed by atoms with Crippen molar-refractivity contribution < 1.29 is 14.3 Å². The van der Waals surface area contributed by atoms with Gasteiger partial charge in [-0.25, -0.2) is 4.39 Å². The number of carboxylic acid groups (broad SMARTS) is 1. The van der Waals surface area contributed by atoms with Crippen LogP contribution in [-0.2, 0) is 4.79 Å². The Balaban J connectivity index is 3.39. The number of carboxylic acids is 1. The lowest BCUT2D eigenvalue weighted by molar-refractivity contribution is -0.137. The molecule has 0 saturated carbocycles. The Morgan fingerprint density at radius 3 is 2.40 bits per heavy atom. The maximum atomic E-state index is 12.4. The molecule has 4 nitrogen and oxygen atoms in total. The predicted molar refractivity (Wildman–Crippen MR) is 33.9 cm³/mol. The van der Waals surface area contributed by atoms with Gasteiger partial charge in [0.15, 0.2) is 0 Å². The highest BCUT2D eigenvalue weighted by atomic mass is 19.1. The largest absolute Gasteiger partial charge is 0.481 e. The van der Waals surface area contributed by atoms with Crippen molar-refractivity contribution in [1.29, 1.82) is 0 Å². The van der Waals surface area contributed by atoms with Gasteiger partial charge in [0.25, 0.3) is 0 Å². The summed E-state index contributed by atoms with van der Waals surface area (Å²) in [7, 11) is 0. The second-order valence-corrected chi connectivity index (χ2v) is 2.03. The third-order valence-electron chi connectivity index (χ3n) is 1.05. The molecule has 5 N–H and O–H groups in total. The van der Waals surface area contributed by atoms with E-state index in [2.05, 4.69) is 0 Å². The summed E-state index contributed by atoms with van der Waals surface area (Å²) in [5.41, 5.74) is 9.86. The highest BCUT2D eigenvalue weighted by molar-refractivity contribution is 5.66. The number of alkyl halides is 1. The molecule has 0 aliphatic rings. The Hall–Kier alpha value is -0.680. The third-order valence-corrected chi connectivity index (χ3v) is 1.05. The topological polar surface area (TPSA) is 89.3 Å². The first-order chi connectivity index (χ1) is 4.54. The maximum Gasteiger partial charge on any atom is 0.303 e. The molecule has 1 unspecified atom stereocenters. The Kier molecular flexibility index (Phi) is 3.90. The van der Waals surface area contributed by atoms with E-state index in [0.717, 1.165) is 0 Å². The highest BCUT2D eigenvalue weighted by Crippen LogP contribution is 2.01. The summed E-state index contributed by atoms with van der Waals surface area (Å²) in [5.74, 6) is -1.04. The van der Waals surface area contributed by atoms with Crippen LogP contribution in [0.5, 0.6) is 0 Å². The molecule has 0 rings (SSSR count). The fraction of sp³-hybridized carbons (Fsp3) is 0.800. The summed E-state index contributed by atoms with van der Waals surface area (Å²) >= 11 is 0. The van der Waals surface area contributed by atoms with E-state index in [1.807, 2.05) is 0 Å². The lowest BCUT2D eigenvalue weighted by Crippen LogP contribution is -2.40. The zero-order valence-electron chi connectivity index (χ0n) is 5.46. The molecule has 0 aromatic carbocycles. The summed E-state index contributed by atoms with van der Waals surface area (Å²) in [6.45, 7) is 0. The molecule has 10 heavy (non-hydrogen) atoms. The molecule has 0 bridgehead atoms. The van der Waals surface area contributed by atoms with Crippen LogP contribution in [0.2, 0.25) is 0 Å². The lowest BCUT2D eigenvalue weighted by Gasteiger charge is -2.09. The molecule has 0 aromatic rings. The second kappa shape index (κ2) is 4.19. The fourth-order valence-electron chi connectivity index (χ4n) is 0.454.